The molecule has 0 bridgehead atoms. The topological polar surface area (TPSA) is 91.4 Å². The molecule has 164 valence electrons. The van der Waals surface area contributed by atoms with Gasteiger partial charge in [-0.1, -0.05) is 0 Å². The van der Waals surface area contributed by atoms with E-state index in [1.807, 2.05) is 0 Å². The molecular weight excluding hydrogens is 430 g/mol. The molecule has 0 aliphatic carbocycles. The summed E-state index contributed by atoms with van der Waals surface area (Å²) < 4.78 is 85.0. The highest BCUT2D eigenvalue weighted by Gasteiger charge is 2.52. The molecule has 1 aliphatic heterocycles. The molecule has 6 nitrogen and oxygen atoms in total. The number of alkyl halides is 6. The first kappa shape index (κ1) is 22.2. The molecule has 1 aliphatic rings. The van der Waals surface area contributed by atoms with Gasteiger partial charge in [0.25, 0.3) is 5.91 Å². The van der Waals surface area contributed by atoms with Crippen LogP contribution in [0.25, 0.3) is 0 Å². The Morgan fingerprint density at radius 1 is 1.13 bits per heavy atom. The van der Waals surface area contributed by atoms with Crippen LogP contribution in [-0.4, -0.2) is 31.0 Å². The van der Waals surface area contributed by atoms with Gasteiger partial charge in [-0.15, -0.1) is 0 Å². The summed E-state index contributed by atoms with van der Waals surface area (Å²) in [6.07, 6.45) is -14.2. The highest BCUT2D eigenvalue weighted by atomic mass is 19.4. The minimum Gasteiger partial charge on any atom is -0.399 e. The average molecular weight is 444 g/mol. The number of amides is 1. The molecule has 0 aromatic heterocycles. The number of hydrogen-bond donors (Lipinski definition) is 2. The fraction of sp³-hybridized carbons (Fsp3) is 0.263. The molecule has 12 heteroatoms. The third-order valence-electron chi connectivity index (χ3n) is 4.45. The maximum absolute atomic E-state index is 13.5. The van der Waals surface area contributed by atoms with Crippen LogP contribution in [0.5, 0.6) is 0 Å². The van der Waals surface area contributed by atoms with Crippen molar-refractivity contribution >= 4 is 23.0 Å². The summed E-state index contributed by atoms with van der Waals surface area (Å²) in [7, 11) is 0. The second kappa shape index (κ2) is 7.99. The highest BCUT2D eigenvalue weighted by molar-refractivity contribution is 5.95. The van der Waals surface area contributed by atoms with E-state index in [0.29, 0.717) is 16.7 Å². The van der Waals surface area contributed by atoms with Gasteiger partial charge >= 0.3 is 12.4 Å². The van der Waals surface area contributed by atoms with Gasteiger partial charge in [-0.05, 0) is 42.5 Å². The van der Waals surface area contributed by atoms with Crippen molar-refractivity contribution in [1.82, 2.24) is 0 Å². The summed E-state index contributed by atoms with van der Waals surface area (Å²) in [5, 5.41) is 11.2. The molecule has 31 heavy (non-hydrogen) atoms. The monoisotopic (exact) mass is 444 g/mol. The molecule has 2 aromatic carbocycles. The Bertz CT molecular complexity index is 1010. The lowest BCUT2D eigenvalue weighted by atomic mass is 10.1. The van der Waals surface area contributed by atoms with Crippen molar-refractivity contribution in [2.24, 2.45) is 0 Å². The van der Waals surface area contributed by atoms with Crippen LogP contribution in [0.15, 0.2) is 42.5 Å². The number of anilines is 3. The van der Waals surface area contributed by atoms with Gasteiger partial charge in [0.15, 0.2) is 6.10 Å². The lowest BCUT2D eigenvalue weighted by Crippen LogP contribution is -2.42. The highest BCUT2D eigenvalue weighted by Crippen LogP contribution is 2.39. The van der Waals surface area contributed by atoms with Gasteiger partial charge in [-0.25, -0.2) is 0 Å². The van der Waals surface area contributed by atoms with Crippen LogP contribution < -0.4 is 16.0 Å². The number of hydrogen-bond acceptors (Lipinski definition) is 5. The normalized spacial score (nSPS) is 19.2. The van der Waals surface area contributed by atoms with Crippen molar-refractivity contribution in [3.05, 3.63) is 53.6 Å². The number of benzene rings is 2. The molecular formula is C19H14F6N4O2. The van der Waals surface area contributed by atoms with Gasteiger partial charge in [0, 0.05) is 17.1 Å². The average Bonchev–Trinajstić information content (AvgIpc) is 3.15. The maximum Gasteiger partial charge on any atom is 0.433 e. The summed E-state index contributed by atoms with van der Waals surface area (Å²) >= 11 is 0. The second-order valence-corrected chi connectivity index (χ2v) is 6.62. The summed E-state index contributed by atoms with van der Waals surface area (Å²) in [5.41, 5.74) is 3.56. The molecule has 0 radical (unpaired) electrons. The zero-order valence-electron chi connectivity index (χ0n) is 15.5. The zero-order valence-corrected chi connectivity index (χ0v) is 15.5. The van der Waals surface area contributed by atoms with E-state index in [-0.39, 0.29) is 5.69 Å². The lowest BCUT2D eigenvalue weighted by Gasteiger charge is -2.27. The minimum atomic E-state index is -5.00. The van der Waals surface area contributed by atoms with Crippen molar-refractivity contribution in [1.29, 1.82) is 5.26 Å². The van der Waals surface area contributed by atoms with Crippen molar-refractivity contribution in [3.8, 4) is 6.07 Å². The SMILES string of the molecule is N#Cc1ccc(N2C[C@@H](C(=O)Nc3ccc(N)cc3)O[C@@H]2C(F)(F)F)cc1C(F)(F)F. The number of nitrogens with zero attached hydrogens (tertiary/aromatic N) is 2. The van der Waals surface area contributed by atoms with Crippen molar-refractivity contribution in [3.63, 3.8) is 0 Å². The summed E-state index contributed by atoms with van der Waals surface area (Å²) in [6, 6.07) is 9.28. The van der Waals surface area contributed by atoms with Gasteiger partial charge < -0.3 is 20.7 Å². The Kier molecular flexibility index (Phi) is 5.73. The standard InChI is InChI=1S/C19H14F6N4O2/c20-18(21,22)14-7-13(6-1-10(14)8-26)29-9-15(31-17(29)19(23,24)25)16(30)28-12-4-2-11(27)3-5-12/h1-7,15,17H,9,27H2,(H,28,30)/t15-,17+/m0/s1. The summed E-state index contributed by atoms with van der Waals surface area (Å²) in [6.45, 7) is -0.659. The molecule has 1 saturated heterocycles. The maximum atomic E-state index is 13.5. The number of halogens is 6. The summed E-state index contributed by atoms with van der Waals surface area (Å²) in [5.74, 6) is -0.911. The quantitative estimate of drug-likeness (QED) is 0.554. The van der Waals surface area contributed by atoms with Crippen LogP contribution in [0.1, 0.15) is 11.1 Å². The zero-order chi connectivity index (χ0) is 23.0. The van der Waals surface area contributed by atoms with E-state index in [0.717, 1.165) is 12.1 Å². The predicted octanol–water partition coefficient (Wildman–Crippen LogP) is 3.89. The van der Waals surface area contributed by atoms with Crippen LogP contribution >= 0.6 is 0 Å². The molecule has 0 unspecified atom stereocenters. The fourth-order valence-electron chi connectivity index (χ4n) is 3.02. The molecule has 2 atom stereocenters. The molecule has 1 fully saturated rings. The Morgan fingerprint density at radius 3 is 2.32 bits per heavy atom. The van der Waals surface area contributed by atoms with Crippen LogP contribution in [-0.2, 0) is 15.7 Å². The van der Waals surface area contributed by atoms with E-state index >= 15 is 0 Å². The third-order valence-corrected chi connectivity index (χ3v) is 4.45. The molecule has 0 spiro atoms. The number of nitrogens with one attached hydrogen (secondary N) is 1. The fourth-order valence-corrected chi connectivity index (χ4v) is 3.02. The molecule has 0 saturated carbocycles. The largest absolute Gasteiger partial charge is 0.433 e. The number of nitrogens with two attached hydrogens (primary N) is 1. The van der Waals surface area contributed by atoms with Crippen molar-refractivity contribution in [2.45, 2.75) is 24.7 Å². The van der Waals surface area contributed by atoms with Crippen LogP contribution in [0.2, 0.25) is 0 Å². The molecule has 2 aromatic rings. The van der Waals surface area contributed by atoms with Gasteiger partial charge in [-0.3, -0.25) is 4.79 Å². The molecule has 1 heterocycles. The first-order chi connectivity index (χ1) is 14.4. The summed E-state index contributed by atoms with van der Waals surface area (Å²) in [4.78, 5) is 12.9. The van der Waals surface area contributed by atoms with E-state index < -0.39 is 54.0 Å². The smallest absolute Gasteiger partial charge is 0.399 e. The minimum absolute atomic E-state index is 0.252. The number of rotatable bonds is 3. The first-order valence-electron chi connectivity index (χ1n) is 8.66. The van der Waals surface area contributed by atoms with Gasteiger partial charge in [0.05, 0.1) is 23.7 Å². The van der Waals surface area contributed by atoms with Crippen LogP contribution in [0.4, 0.5) is 43.4 Å². The second-order valence-electron chi connectivity index (χ2n) is 6.62. The number of carbonyl (C=O) groups excluding carboxylic acids is 1. The Labute approximate surface area is 171 Å². The first-order valence-corrected chi connectivity index (χ1v) is 8.66. The number of nitriles is 1. The third kappa shape index (κ3) is 4.83. The van der Waals surface area contributed by atoms with E-state index in [4.69, 9.17) is 15.7 Å². The molecule has 1 amide bonds. The number of carbonyl (C=O) groups is 1. The number of nitrogen functional groups attached to an aromatic ring is 1. The lowest BCUT2D eigenvalue weighted by molar-refractivity contribution is -0.212. The predicted molar refractivity (Wildman–Crippen MR) is 97.7 cm³/mol. The Hall–Kier alpha value is -3.46. The van der Waals surface area contributed by atoms with Gasteiger partial charge in [-0.2, -0.15) is 31.6 Å². The number of ether oxygens (including phenoxy) is 1. The molecule has 3 rings (SSSR count). The van der Waals surface area contributed by atoms with Gasteiger partial charge in [0.2, 0.25) is 6.23 Å². The van der Waals surface area contributed by atoms with E-state index in [2.05, 4.69) is 5.32 Å². The Morgan fingerprint density at radius 2 is 1.77 bits per heavy atom. The van der Waals surface area contributed by atoms with E-state index in [9.17, 15) is 31.1 Å². The van der Waals surface area contributed by atoms with Crippen LogP contribution in [0, 0.1) is 11.3 Å². The Balaban J connectivity index is 1.90. The van der Waals surface area contributed by atoms with Crippen molar-refractivity contribution in [2.75, 3.05) is 22.5 Å². The van der Waals surface area contributed by atoms with E-state index in [1.165, 1.54) is 30.3 Å². The van der Waals surface area contributed by atoms with E-state index in [1.54, 1.807) is 0 Å². The van der Waals surface area contributed by atoms with Crippen LogP contribution in [0.3, 0.4) is 0 Å². The van der Waals surface area contributed by atoms with Gasteiger partial charge in [0.1, 0.15) is 0 Å². The van der Waals surface area contributed by atoms with Crippen molar-refractivity contribution < 1.29 is 35.9 Å². The molecule has 3 N–H and O–H groups in total.